The van der Waals surface area contributed by atoms with Crippen LogP contribution in [-0.4, -0.2) is 50.7 Å². The van der Waals surface area contributed by atoms with Crippen LogP contribution in [0.3, 0.4) is 0 Å². The monoisotopic (exact) mass is 510 g/mol. The number of rotatable bonds is 6. The summed E-state index contributed by atoms with van der Waals surface area (Å²) < 4.78 is 42.0. The molecule has 5 rings (SSSR count). The lowest BCUT2D eigenvalue weighted by Crippen LogP contribution is -2.52. The molecule has 0 saturated heterocycles. The summed E-state index contributed by atoms with van der Waals surface area (Å²) in [6, 6.07) is 15.4. The number of esters is 1. The van der Waals surface area contributed by atoms with E-state index in [1.54, 1.807) is 36.4 Å². The van der Waals surface area contributed by atoms with E-state index in [1.807, 2.05) is 0 Å². The quantitative estimate of drug-likeness (QED) is 0.487. The Hall–Kier alpha value is -3.82. The van der Waals surface area contributed by atoms with Gasteiger partial charge in [0.25, 0.3) is 0 Å². The van der Waals surface area contributed by atoms with E-state index in [-0.39, 0.29) is 17.1 Å². The molecule has 1 saturated carbocycles. The van der Waals surface area contributed by atoms with Crippen LogP contribution in [-0.2, 0) is 20.7 Å². The van der Waals surface area contributed by atoms with Crippen LogP contribution in [0.25, 0.3) is 0 Å². The minimum absolute atomic E-state index is 0.164. The van der Waals surface area contributed by atoms with Crippen LogP contribution in [0.5, 0.6) is 23.0 Å². The van der Waals surface area contributed by atoms with Crippen LogP contribution in [0, 0.1) is 11.7 Å². The molecule has 0 radical (unpaired) electrons. The van der Waals surface area contributed by atoms with Crippen molar-refractivity contribution in [2.75, 3.05) is 28.4 Å². The molecule has 8 nitrogen and oxygen atoms in total. The summed E-state index contributed by atoms with van der Waals surface area (Å²) in [7, 11) is 5.63. The van der Waals surface area contributed by atoms with Gasteiger partial charge in [-0.05, 0) is 35.4 Å². The number of fused-ring (bicyclic) bond motifs is 3. The molecule has 37 heavy (non-hydrogen) atoms. The molecule has 0 bridgehead atoms. The summed E-state index contributed by atoms with van der Waals surface area (Å²) in [6.45, 7) is 0. The first kappa shape index (κ1) is 24.9. The minimum Gasteiger partial charge on any atom is -0.497 e. The van der Waals surface area contributed by atoms with Crippen molar-refractivity contribution in [1.29, 1.82) is 0 Å². The van der Waals surface area contributed by atoms with Gasteiger partial charge in [0.15, 0.2) is 11.2 Å². The normalized spacial score (nSPS) is 27.6. The van der Waals surface area contributed by atoms with Crippen LogP contribution < -0.4 is 18.9 Å². The van der Waals surface area contributed by atoms with Gasteiger partial charge in [-0.15, -0.1) is 0 Å². The average Bonchev–Trinajstić information content (AvgIpc) is 3.30. The summed E-state index contributed by atoms with van der Waals surface area (Å²) in [5.41, 5.74) is -2.86. The zero-order chi connectivity index (χ0) is 26.5. The van der Waals surface area contributed by atoms with Gasteiger partial charge in [0, 0.05) is 18.1 Å². The molecule has 0 aromatic heterocycles. The zero-order valence-electron chi connectivity index (χ0n) is 20.7. The molecule has 194 valence electrons. The lowest BCUT2D eigenvalue weighted by molar-refractivity contribution is -0.161. The maximum Gasteiger partial charge on any atom is 0.312 e. The van der Waals surface area contributed by atoms with E-state index >= 15 is 0 Å². The Bertz CT molecular complexity index is 1330. The Kier molecular flexibility index (Phi) is 6.00. The average molecular weight is 511 g/mol. The molecule has 1 aliphatic carbocycles. The van der Waals surface area contributed by atoms with Crippen LogP contribution >= 0.6 is 0 Å². The van der Waals surface area contributed by atoms with Crippen LogP contribution in [0.2, 0.25) is 0 Å². The van der Waals surface area contributed by atoms with E-state index in [2.05, 4.69) is 0 Å². The van der Waals surface area contributed by atoms with Gasteiger partial charge < -0.3 is 33.9 Å². The largest absolute Gasteiger partial charge is 0.497 e. The second-order valence-electron chi connectivity index (χ2n) is 9.06. The Morgan fingerprint density at radius 2 is 1.57 bits per heavy atom. The fraction of sp³-hybridized carbons (Fsp3) is 0.321. The van der Waals surface area contributed by atoms with E-state index in [0.717, 1.165) is 0 Å². The molecule has 3 aromatic rings. The third kappa shape index (κ3) is 3.30. The predicted octanol–water partition coefficient (Wildman–Crippen LogP) is 3.27. The molecule has 1 fully saturated rings. The van der Waals surface area contributed by atoms with Crippen LogP contribution in [0.15, 0.2) is 60.7 Å². The lowest BCUT2D eigenvalue weighted by Gasteiger charge is -2.40. The third-order valence-corrected chi connectivity index (χ3v) is 7.50. The summed E-state index contributed by atoms with van der Waals surface area (Å²) in [6.07, 6.45) is -1.69. The molecule has 5 atom stereocenters. The van der Waals surface area contributed by atoms with Gasteiger partial charge >= 0.3 is 5.97 Å². The number of benzene rings is 3. The highest BCUT2D eigenvalue weighted by Crippen LogP contribution is 2.70. The van der Waals surface area contributed by atoms with Crippen molar-refractivity contribution in [2.24, 2.45) is 5.92 Å². The van der Waals surface area contributed by atoms with Gasteiger partial charge in [0.1, 0.15) is 34.9 Å². The number of halogens is 1. The molecule has 1 heterocycles. The molecule has 2 N–H and O–H groups in total. The first-order valence-corrected chi connectivity index (χ1v) is 11.6. The molecular formula is C28H27FO8. The van der Waals surface area contributed by atoms with Crippen molar-refractivity contribution < 1.29 is 43.1 Å². The van der Waals surface area contributed by atoms with Gasteiger partial charge in [0.05, 0.1) is 39.9 Å². The number of carbonyl (C=O) groups excluding carboxylic acids is 1. The summed E-state index contributed by atoms with van der Waals surface area (Å²) in [5, 5.41) is 24.5. The fourth-order valence-corrected chi connectivity index (χ4v) is 5.91. The molecule has 1 aliphatic heterocycles. The van der Waals surface area contributed by atoms with Crippen molar-refractivity contribution >= 4 is 5.97 Å². The van der Waals surface area contributed by atoms with Crippen molar-refractivity contribution in [3.8, 4) is 23.0 Å². The van der Waals surface area contributed by atoms with Crippen molar-refractivity contribution in [1.82, 2.24) is 0 Å². The van der Waals surface area contributed by atoms with Crippen LogP contribution in [0.1, 0.15) is 22.6 Å². The number of aliphatic hydroxyl groups excluding tert-OH is 1. The standard InChI is InChI=1S/C28H27FO8/c1-33-18-11-7-16(8-12-18)28-23(15-5-9-17(29)10-6-15)22(26(31)36-4)25(30)27(28,32)24-20(35-3)13-19(34-2)14-21(24)37-28/h5-14,22-23,25,30,32H,1-4H3/t22-,23-,25-,27+,28+/m1/s1. The first-order valence-electron chi connectivity index (χ1n) is 11.6. The molecule has 0 amide bonds. The molecule has 3 aromatic carbocycles. The van der Waals surface area contributed by atoms with Gasteiger partial charge in [-0.25, -0.2) is 4.39 Å². The summed E-state index contributed by atoms with van der Waals surface area (Å²) >= 11 is 0. The second kappa shape index (κ2) is 8.93. The summed E-state index contributed by atoms with van der Waals surface area (Å²) in [4.78, 5) is 13.2. The minimum atomic E-state index is -2.19. The van der Waals surface area contributed by atoms with Crippen molar-refractivity contribution in [3.63, 3.8) is 0 Å². The number of ether oxygens (including phenoxy) is 5. The van der Waals surface area contributed by atoms with Crippen molar-refractivity contribution in [3.05, 3.63) is 83.2 Å². The van der Waals surface area contributed by atoms with E-state index in [9.17, 15) is 19.4 Å². The van der Waals surface area contributed by atoms with E-state index in [0.29, 0.717) is 22.6 Å². The lowest BCUT2D eigenvalue weighted by atomic mass is 9.70. The smallest absolute Gasteiger partial charge is 0.312 e. The number of carbonyl (C=O) groups is 1. The molecule has 0 unspecified atom stereocenters. The molecule has 9 heteroatoms. The third-order valence-electron chi connectivity index (χ3n) is 7.50. The van der Waals surface area contributed by atoms with E-state index in [1.165, 1.54) is 52.7 Å². The number of methoxy groups -OCH3 is 4. The van der Waals surface area contributed by atoms with E-state index in [4.69, 9.17) is 23.7 Å². The molecule has 0 spiro atoms. The molecule has 2 aliphatic rings. The fourth-order valence-electron chi connectivity index (χ4n) is 5.91. The van der Waals surface area contributed by atoms with Gasteiger partial charge in [-0.2, -0.15) is 0 Å². The highest BCUT2D eigenvalue weighted by atomic mass is 19.1. The predicted molar refractivity (Wildman–Crippen MR) is 129 cm³/mol. The Labute approximate surface area is 213 Å². The Balaban J connectivity index is 1.88. The number of aliphatic hydroxyl groups is 2. The SMILES string of the molecule is COC(=O)[C@H]1[C@@H](O)[C@@]2(O)c3c(OC)cc(OC)cc3O[C@@]2(c2ccc(OC)cc2)[C@@H]1c1ccc(F)cc1. The summed E-state index contributed by atoms with van der Waals surface area (Å²) in [5.74, 6) is -2.14. The number of hydrogen-bond donors (Lipinski definition) is 2. The zero-order valence-corrected chi connectivity index (χ0v) is 20.7. The maximum absolute atomic E-state index is 13.9. The maximum atomic E-state index is 13.9. The molecular weight excluding hydrogens is 483 g/mol. The van der Waals surface area contributed by atoms with Gasteiger partial charge in [-0.1, -0.05) is 24.3 Å². The Morgan fingerprint density at radius 1 is 0.919 bits per heavy atom. The van der Waals surface area contributed by atoms with Gasteiger partial charge in [-0.3, -0.25) is 4.79 Å². The second-order valence-corrected chi connectivity index (χ2v) is 9.06. The van der Waals surface area contributed by atoms with E-state index < -0.39 is 40.9 Å². The highest BCUT2D eigenvalue weighted by Gasteiger charge is 2.78. The van der Waals surface area contributed by atoms with Crippen LogP contribution in [0.4, 0.5) is 4.39 Å². The van der Waals surface area contributed by atoms with Gasteiger partial charge in [0.2, 0.25) is 0 Å². The highest BCUT2D eigenvalue weighted by molar-refractivity contribution is 5.78. The first-order chi connectivity index (χ1) is 17.8. The number of hydrogen-bond acceptors (Lipinski definition) is 8. The van der Waals surface area contributed by atoms with Crippen molar-refractivity contribution in [2.45, 2.75) is 23.2 Å². The topological polar surface area (TPSA) is 104 Å². The Morgan fingerprint density at radius 3 is 2.14 bits per heavy atom.